The molecule has 2 nitrogen and oxygen atoms in total. The van der Waals surface area contributed by atoms with Crippen LogP contribution in [0.25, 0.3) is 6.08 Å². The summed E-state index contributed by atoms with van der Waals surface area (Å²) in [5.74, 6) is 1.85. The fourth-order valence-electron chi connectivity index (χ4n) is 1.90. The first-order valence-electron chi connectivity index (χ1n) is 7.25. The van der Waals surface area contributed by atoms with Crippen LogP contribution in [0.2, 0.25) is 0 Å². The molecule has 3 aromatic rings. The van der Waals surface area contributed by atoms with Crippen LogP contribution in [0.5, 0.6) is 0 Å². The molecule has 23 heavy (non-hydrogen) atoms. The van der Waals surface area contributed by atoms with Crippen LogP contribution in [0.15, 0.2) is 75.4 Å². The molecule has 0 spiro atoms. The highest BCUT2D eigenvalue weighted by Crippen LogP contribution is 2.30. The normalized spacial score (nSPS) is 11.1. The Bertz CT molecular complexity index is 739. The molecule has 0 aliphatic heterocycles. The van der Waals surface area contributed by atoms with Gasteiger partial charge in [-0.25, -0.2) is 0 Å². The van der Waals surface area contributed by atoms with E-state index in [1.165, 1.54) is 11.1 Å². The Balaban J connectivity index is 1.45. The molecule has 0 atom stereocenters. The van der Waals surface area contributed by atoms with Gasteiger partial charge >= 0.3 is 0 Å². The third kappa shape index (κ3) is 5.53. The van der Waals surface area contributed by atoms with Crippen molar-refractivity contribution in [2.45, 2.75) is 14.4 Å². The Morgan fingerprint density at radius 3 is 2.22 bits per heavy atom. The van der Waals surface area contributed by atoms with Crippen LogP contribution in [0.1, 0.15) is 11.1 Å². The number of hydrogen-bond donors (Lipinski definition) is 0. The summed E-state index contributed by atoms with van der Waals surface area (Å²) in [6, 6.07) is 20.8. The van der Waals surface area contributed by atoms with Gasteiger partial charge in [-0.2, -0.15) is 0 Å². The predicted octanol–water partition coefficient (Wildman–Crippen LogP) is 5.64. The molecule has 0 aliphatic rings. The van der Waals surface area contributed by atoms with Crippen LogP contribution in [-0.4, -0.2) is 16.0 Å². The lowest BCUT2D eigenvalue weighted by molar-refractivity contribution is 0.955. The zero-order chi connectivity index (χ0) is 15.7. The molecule has 5 heteroatoms. The molecule has 3 rings (SSSR count). The lowest BCUT2D eigenvalue weighted by atomic mass is 10.2. The predicted molar refractivity (Wildman–Crippen MR) is 102 cm³/mol. The highest BCUT2D eigenvalue weighted by molar-refractivity contribution is 8.03. The Kier molecular flexibility index (Phi) is 6.32. The van der Waals surface area contributed by atoms with E-state index in [9.17, 15) is 0 Å². The van der Waals surface area contributed by atoms with E-state index in [0.29, 0.717) is 0 Å². The monoisotopic (exact) mass is 356 g/mol. The zero-order valence-corrected chi connectivity index (χ0v) is 14.9. The molecule has 0 bridgehead atoms. The van der Waals surface area contributed by atoms with Gasteiger partial charge in [0.15, 0.2) is 8.68 Å². The minimum absolute atomic E-state index is 0.910. The van der Waals surface area contributed by atoms with Gasteiger partial charge in [-0.1, -0.05) is 108 Å². The summed E-state index contributed by atoms with van der Waals surface area (Å²) in [5, 5.41) is 8.50. The molecule has 0 radical (unpaired) electrons. The first-order valence-corrected chi connectivity index (χ1v) is 10.0. The van der Waals surface area contributed by atoms with E-state index in [1.54, 1.807) is 34.9 Å². The number of nitrogens with zero attached hydrogens (tertiary/aromatic N) is 2. The van der Waals surface area contributed by atoms with Crippen molar-refractivity contribution >= 4 is 40.9 Å². The number of rotatable bonds is 7. The third-order valence-corrected chi connectivity index (χ3v) is 6.22. The van der Waals surface area contributed by atoms with Crippen molar-refractivity contribution in [1.82, 2.24) is 10.2 Å². The summed E-state index contributed by atoms with van der Waals surface area (Å²) >= 11 is 5.14. The first-order chi connectivity index (χ1) is 11.4. The van der Waals surface area contributed by atoms with Gasteiger partial charge in [-0.3, -0.25) is 0 Å². The van der Waals surface area contributed by atoms with E-state index in [4.69, 9.17) is 0 Å². The Morgan fingerprint density at radius 2 is 1.48 bits per heavy atom. The van der Waals surface area contributed by atoms with Gasteiger partial charge in [-0.15, -0.1) is 10.2 Å². The molecule has 1 aromatic heterocycles. The Hall–Kier alpha value is -1.56. The quantitative estimate of drug-likeness (QED) is 0.512. The lowest BCUT2D eigenvalue weighted by Crippen LogP contribution is -1.78. The van der Waals surface area contributed by atoms with Crippen molar-refractivity contribution < 1.29 is 0 Å². The maximum absolute atomic E-state index is 4.25. The van der Waals surface area contributed by atoms with Crippen molar-refractivity contribution in [3.63, 3.8) is 0 Å². The topological polar surface area (TPSA) is 25.8 Å². The summed E-state index contributed by atoms with van der Waals surface area (Å²) in [6.45, 7) is 0. The molecular weight excluding hydrogens is 340 g/mol. The Labute approximate surface area is 149 Å². The van der Waals surface area contributed by atoms with Crippen LogP contribution < -0.4 is 0 Å². The van der Waals surface area contributed by atoms with E-state index < -0.39 is 0 Å². The summed E-state index contributed by atoms with van der Waals surface area (Å²) in [5.41, 5.74) is 2.54. The molecule has 0 saturated carbocycles. The Morgan fingerprint density at radius 1 is 0.826 bits per heavy atom. The van der Waals surface area contributed by atoms with E-state index in [-0.39, 0.29) is 0 Å². The van der Waals surface area contributed by atoms with E-state index >= 15 is 0 Å². The first kappa shape index (κ1) is 16.3. The van der Waals surface area contributed by atoms with Crippen molar-refractivity contribution in [1.29, 1.82) is 0 Å². The standard InChI is InChI=1S/C18H16N2S3/c1-3-8-15(9-4-1)12-7-13-21-17-19-20-18(23-17)22-14-16-10-5-2-6-11-16/h1-12H,13-14H2/b12-7+. The second-order valence-corrected chi connectivity index (χ2v) is 8.20. The molecule has 1 heterocycles. The van der Waals surface area contributed by atoms with Gasteiger partial charge in [-0.05, 0) is 11.1 Å². The van der Waals surface area contributed by atoms with Crippen LogP contribution >= 0.6 is 34.9 Å². The van der Waals surface area contributed by atoms with Crippen LogP contribution in [0.4, 0.5) is 0 Å². The zero-order valence-electron chi connectivity index (χ0n) is 12.5. The summed E-state index contributed by atoms with van der Waals surface area (Å²) < 4.78 is 2.06. The average Bonchev–Trinajstić information content (AvgIpc) is 3.07. The molecular formula is C18H16N2S3. The molecule has 0 N–H and O–H groups in total. The molecule has 0 unspecified atom stereocenters. The molecule has 0 aliphatic carbocycles. The van der Waals surface area contributed by atoms with E-state index in [2.05, 4.69) is 58.7 Å². The fraction of sp³-hybridized carbons (Fsp3) is 0.111. The van der Waals surface area contributed by atoms with Gasteiger partial charge in [0.2, 0.25) is 0 Å². The number of hydrogen-bond acceptors (Lipinski definition) is 5. The fourth-order valence-corrected chi connectivity index (χ4v) is 4.71. The second-order valence-electron chi connectivity index (χ2n) is 4.73. The van der Waals surface area contributed by atoms with Gasteiger partial charge in [0.25, 0.3) is 0 Å². The number of thioether (sulfide) groups is 2. The average molecular weight is 357 g/mol. The third-order valence-electron chi connectivity index (χ3n) is 3.01. The molecule has 0 amide bonds. The molecule has 2 aromatic carbocycles. The second kappa shape index (κ2) is 8.91. The number of aromatic nitrogens is 2. The minimum Gasteiger partial charge on any atom is -0.131 e. The smallest absolute Gasteiger partial charge is 0.131 e. The molecule has 116 valence electrons. The van der Waals surface area contributed by atoms with Gasteiger partial charge in [0.1, 0.15) is 0 Å². The lowest BCUT2D eigenvalue weighted by Gasteiger charge is -1.96. The SMILES string of the molecule is C(=C\c1ccccc1)/CSc1nnc(SCc2ccccc2)s1. The van der Waals surface area contributed by atoms with Crippen molar-refractivity contribution in [3.8, 4) is 0 Å². The summed E-state index contributed by atoms with van der Waals surface area (Å²) in [7, 11) is 0. The molecule has 0 fully saturated rings. The number of benzene rings is 2. The maximum atomic E-state index is 4.25. The molecule has 0 saturated heterocycles. The largest absolute Gasteiger partial charge is 0.175 e. The van der Waals surface area contributed by atoms with E-state index in [0.717, 1.165) is 20.2 Å². The van der Waals surface area contributed by atoms with Gasteiger partial charge in [0, 0.05) is 11.5 Å². The minimum atomic E-state index is 0.910. The van der Waals surface area contributed by atoms with Gasteiger partial charge < -0.3 is 0 Å². The maximum Gasteiger partial charge on any atom is 0.175 e. The summed E-state index contributed by atoms with van der Waals surface area (Å²) in [4.78, 5) is 0. The van der Waals surface area contributed by atoms with Crippen LogP contribution in [0.3, 0.4) is 0 Å². The van der Waals surface area contributed by atoms with E-state index in [1.807, 2.05) is 24.3 Å². The van der Waals surface area contributed by atoms with Crippen molar-refractivity contribution in [2.24, 2.45) is 0 Å². The van der Waals surface area contributed by atoms with Crippen molar-refractivity contribution in [3.05, 3.63) is 77.9 Å². The van der Waals surface area contributed by atoms with Crippen molar-refractivity contribution in [2.75, 3.05) is 5.75 Å². The highest BCUT2D eigenvalue weighted by Gasteiger charge is 2.05. The van der Waals surface area contributed by atoms with Crippen LogP contribution in [0, 0.1) is 0 Å². The summed E-state index contributed by atoms with van der Waals surface area (Å²) in [6.07, 6.45) is 4.30. The van der Waals surface area contributed by atoms with Gasteiger partial charge in [0.05, 0.1) is 0 Å². The van der Waals surface area contributed by atoms with Crippen LogP contribution in [-0.2, 0) is 5.75 Å². The highest BCUT2D eigenvalue weighted by atomic mass is 32.2.